The van der Waals surface area contributed by atoms with Gasteiger partial charge in [-0.1, -0.05) is 72.8 Å². The summed E-state index contributed by atoms with van der Waals surface area (Å²) < 4.78 is 0.488. The largest absolute Gasteiger partial charge is 0.316 e. The molecule has 0 bridgehead atoms. The van der Waals surface area contributed by atoms with E-state index in [0.29, 0.717) is 10.5 Å². The van der Waals surface area contributed by atoms with Crippen molar-refractivity contribution in [3.8, 4) is 5.75 Å². The minimum atomic E-state index is 0.488. The number of nitrogens with zero attached hydrogens (tertiary/aromatic N) is 1. The molecular weight excluding hydrogens is 378 g/mol. The lowest BCUT2D eigenvalue weighted by molar-refractivity contribution is -1.05. The fourth-order valence-electron chi connectivity index (χ4n) is 3.30. The third-order valence-electron chi connectivity index (χ3n) is 5.09. The van der Waals surface area contributed by atoms with Gasteiger partial charge in [-0.3, -0.25) is 0 Å². The highest BCUT2D eigenvalue weighted by Crippen LogP contribution is 2.35. The highest BCUT2D eigenvalue weighted by molar-refractivity contribution is 6.18. The van der Waals surface area contributed by atoms with E-state index in [9.17, 15) is 0 Å². The van der Waals surface area contributed by atoms with Crippen molar-refractivity contribution in [1.29, 1.82) is 0 Å². The molecule has 0 atom stereocenters. The minimum absolute atomic E-state index is 0.488. The normalized spacial score (nSPS) is 12.4. The predicted octanol–water partition coefficient (Wildman–Crippen LogP) is 6.66. The summed E-state index contributed by atoms with van der Waals surface area (Å²) in [6.45, 7) is 3.01. The van der Waals surface area contributed by atoms with E-state index < -0.39 is 0 Å². The number of benzene rings is 3. The Balaban J connectivity index is 2.11. The zero-order chi connectivity index (χ0) is 20.7. The molecule has 150 valence electrons. The number of alkyl halides is 1. The number of halogens is 1. The first-order valence-corrected chi connectivity index (χ1v) is 10.6. The lowest BCUT2D eigenvalue weighted by Crippen LogP contribution is -2.42. The van der Waals surface area contributed by atoms with E-state index in [0.717, 1.165) is 24.3 Å². The molecule has 0 fully saturated rings. The summed E-state index contributed by atoms with van der Waals surface area (Å²) in [6, 6.07) is 29.4. The van der Waals surface area contributed by atoms with Gasteiger partial charge in [0, 0.05) is 5.88 Å². The van der Waals surface area contributed by atoms with Crippen molar-refractivity contribution in [3.05, 3.63) is 102 Å². The van der Waals surface area contributed by atoms with Crippen LogP contribution < -0.4 is 4.84 Å². The molecule has 0 heterocycles. The highest BCUT2D eigenvalue weighted by atomic mass is 35.5. The lowest BCUT2D eigenvalue weighted by Gasteiger charge is -2.26. The first kappa shape index (κ1) is 21.2. The number of hydrogen-bond acceptors (Lipinski definition) is 1. The number of hydrogen-bond donors (Lipinski definition) is 0. The molecule has 2 nitrogen and oxygen atoms in total. The van der Waals surface area contributed by atoms with Gasteiger partial charge >= 0.3 is 0 Å². The second-order valence-corrected chi connectivity index (χ2v) is 7.91. The van der Waals surface area contributed by atoms with Gasteiger partial charge in [0.1, 0.15) is 20.6 Å². The fraction of sp³-hybridized carbons (Fsp3) is 0.231. The van der Waals surface area contributed by atoms with E-state index >= 15 is 0 Å². The first-order chi connectivity index (χ1) is 14.0. The Hall–Kier alpha value is -2.55. The van der Waals surface area contributed by atoms with Gasteiger partial charge in [0.25, 0.3) is 0 Å². The maximum Gasteiger partial charge on any atom is 0.190 e. The number of allylic oxidation sites excluding steroid dienone is 1. The predicted molar refractivity (Wildman–Crippen MR) is 124 cm³/mol. The van der Waals surface area contributed by atoms with Gasteiger partial charge in [-0.15, -0.1) is 16.2 Å². The van der Waals surface area contributed by atoms with Crippen molar-refractivity contribution in [3.63, 3.8) is 0 Å². The minimum Gasteiger partial charge on any atom is -0.316 e. The molecule has 3 rings (SSSR count). The number of quaternary nitrogens is 1. The van der Waals surface area contributed by atoms with Gasteiger partial charge in [-0.25, -0.2) is 0 Å². The molecular formula is C26H29ClNO+. The van der Waals surface area contributed by atoms with Crippen molar-refractivity contribution >= 4 is 22.7 Å². The molecule has 0 amide bonds. The van der Waals surface area contributed by atoms with Gasteiger partial charge in [0.2, 0.25) is 0 Å². The van der Waals surface area contributed by atoms with Gasteiger partial charge in [-0.05, 0) is 53.3 Å². The summed E-state index contributed by atoms with van der Waals surface area (Å²) in [5, 5.41) is 0. The molecule has 29 heavy (non-hydrogen) atoms. The summed E-state index contributed by atoms with van der Waals surface area (Å²) in [4.78, 5) is 6.08. The lowest BCUT2D eigenvalue weighted by atomic mass is 9.88. The molecule has 0 radical (unpaired) electrons. The second kappa shape index (κ2) is 9.78. The average molecular weight is 407 g/mol. The molecule has 0 saturated carbocycles. The molecule has 3 heteroatoms. The maximum atomic E-state index is 6.22. The Labute approximate surface area is 179 Å². The van der Waals surface area contributed by atoms with Crippen molar-refractivity contribution in [1.82, 2.24) is 0 Å². The quantitative estimate of drug-likeness (QED) is 0.176. The summed E-state index contributed by atoms with van der Waals surface area (Å²) in [6.07, 6.45) is 0.799. The van der Waals surface area contributed by atoms with Crippen molar-refractivity contribution in [2.75, 3.05) is 26.5 Å². The van der Waals surface area contributed by atoms with Crippen LogP contribution in [-0.2, 0) is 0 Å². The monoisotopic (exact) mass is 406 g/mol. The van der Waals surface area contributed by atoms with Crippen LogP contribution in [0.2, 0.25) is 0 Å². The first-order valence-electron chi connectivity index (χ1n) is 10.1. The van der Waals surface area contributed by atoms with E-state index in [2.05, 4.69) is 93.8 Å². The Morgan fingerprint density at radius 3 is 1.79 bits per heavy atom. The van der Waals surface area contributed by atoms with E-state index in [1.807, 2.05) is 12.1 Å². The number of hydroxylamine groups is 3. The summed E-state index contributed by atoms with van der Waals surface area (Å²) in [7, 11) is 4.11. The molecule has 0 aliphatic carbocycles. The molecule has 3 aromatic carbocycles. The third kappa shape index (κ3) is 5.50. The Kier molecular flexibility index (Phi) is 7.13. The van der Waals surface area contributed by atoms with Crippen molar-refractivity contribution in [2.24, 2.45) is 0 Å². The van der Waals surface area contributed by atoms with Crippen LogP contribution in [0.1, 0.15) is 30.0 Å². The van der Waals surface area contributed by atoms with Gasteiger partial charge in [0.05, 0.1) is 0 Å². The van der Waals surface area contributed by atoms with Gasteiger partial charge in [-0.2, -0.15) is 0 Å². The molecule has 3 aromatic rings. The molecule has 0 saturated heterocycles. The molecule has 0 N–H and O–H groups in total. The van der Waals surface area contributed by atoms with Crippen LogP contribution in [0.25, 0.3) is 11.1 Å². The van der Waals surface area contributed by atoms with Crippen LogP contribution in [0.15, 0.2) is 84.9 Å². The SMILES string of the molecule is CC[N+](C)(C)Oc1ccc(C(=C(CCCl)c2ccccc2)c2ccccc2)cc1. The maximum absolute atomic E-state index is 6.22. The van der Waals surface area contributed by atoms with E-state index in [1.165, 1.54) is 22.3 Å². The van der Waals surface area contributed by atoms with Gasteiger partial charge < -0.3 is 4.84 Å². The topological polar surface area (TPSA) is 9.23 Å². The summed E-state index contributed by atoms with van der Waals surface area (Å²) >= 11 is 6.22. The zero-order valence-corrected chi connectivity index (χ0v) is 18.2. The number of rotatable bonds is 8. The zero-order valence-electron chi connectivity index (χ0n) is 17.4. The Morgan fingerprint density at radius 2 is 1.28 bits per heavy atom. The smallest absolute Gasteiger partial charge is 0.190 e. The van der Waals surface area contributed by atoms with Crippen LogP contribution in [0, 0.1) is 0 Å². The van der Waals surface area contributed by atoms with E-state index in [-0.39, 0.29) is 0 Å². The molecule has 0 aliphatic rings. The molecule has 0 unspecified atom stereocenters. The Bertz CT molecular complexity index is 931. The van der Waals surface area contributed by atoms with Crippen molar-refractivity contribution < 1.29 is 9.48 Å². The summed E-state index contributed by atoms with van der Waals surface area (Å²) in [5.74, 6) is 1.44. The molecule has 0 spiro atoms. The van der Waals surface area contributed by atoms with Crippen LogP contribution in [-0.4, -0.2) is 31.2 Å². The van der Waals surface area contributed by atoms with Crippen LogP contribution >= 0.6 is 11.6 Å². The van der Waals surface area contributed by atoms with Crippen LogP contribution in [0.3, 0.4) is 0 Å². The third-order valence-corrected chi connectivity index (χ3v) is 5.28. The molecule has 0 aliphatic heterocycles. The van der Waals surface area contributed by atoms with Crippen molar-refractivity contribution in [2.45, 2.75) is 13.3 Å². The second-order valence-electron chi connectivity index (χ2n) is 7.53. The summed E-state index contributed by atoms with van der Waals surface area (Å²) in [5.41, 5.74) is 6.03. The van der Waals surface area contributed by atoms with E-state index in [4.69, 9.17) is 16.4 Å². The van der Waals surface area contributed by atoms with Crippen LogP contribution in [0.5, 0.6) is 5.75 Å². The van der Waals surface area contributed by atoms with Crippen LogP contribution in [0.4, 0.5) is 0 Å². The average Bonchev–Trinajstić information content (AvgIpc) is 2.76. The fourth-order valence-corrected chi connectivity index (χ4v) is 3.49. The standard InChI is InChI=1S/C26H29ClNO/c1-4-28(2,3)29-24-17-15-23(16-18-24)26(22-13-9-6-10-14-22)25(19-20-27)21-11-7-5-8-12-21/h5-18H,4,19-20H2,1-3H3/q+1. The van der Waals surface area contributed by atoms with Gasteiger partial charge in [0.15, 0.2) is 5.75 Å². The molecule has 0 aromatic heterocycles. The van der Waals surface area contributed by atoms with E-state index in [1.54, 1.807) is 0 Å². The highest BCUT2D eigenvalue weighted by Gasteiger charge is 2.17. The Morgan fingerprint density at radius 1 is 0.759 bits per heavy atom.